The summed E-state index contributed by atoms with van der Waals surface area (Å²) in [6.45, 7) is 2.48. The van der Waals surface area contributed by atoms with Crippen molar-refractivity contribution in [3.8, 4) is 22.9 Å². The number of piperidine rings is 1. The van der Waals surface area contributed by atoms with Crippen LogP contribution in [0.25, 0.3) is 11.3 Å². The highest BCUT2D eigenvalue weighted by atomic mass is 32.2. The van der Waals surface area contributed by atoms with E-state index in [1.54, 1.807) is 48.0 Å². The summed E-state index contributed by atoms with van der Waals surface area (Å²) in [7, 11) is -4.30. The molecular formula is C28H26F4N6O3S. The van der Waals surface area contributed by atoms with Gasteiger partial charge in [-0.05, 0) is 36.2 Å². The van der Waals surface area contributed by atoms with Crippen LogP contribution in [0.15, 0.2) is 60.9 Å². The van der Waals surface area contributed by atoms with Crippen LogP contribution in [0, 0.1) is 24.4 Å². The van der Waals surface area contributed by atoms with Crippen molar-refractivity contribution in [2.45, 2.75) is 31.3 Å². The Morgan fingerprint density at radius 2 is 1.83 bits per heavy atom. The van der Waals surface area contributed by atoms with Gasteiger partial charge in [-0.3, -0.25) is 4.72 Å². The number of nitrogens with zero attached hydrogens (tertiary/aromatic N) is 3. The van der Waals surface area contributed by atoms with Crippen LogP contribution in [0.5, 0.6) is 11.6 Å². The van der Waals surface area contributed by atoms with Crippen LogP contribution in [-0.4, -0.2) is 48.7 Å². The van der Waals surface area contributed by atoms with Crippen molar-refractivity contribution in [2.75, 3.05) is 23.1 Å². The second-order valence-electron chi connectivity index (χ2n) is 9.70. The molecule has 0 radical (unpaired) electrons. The number of hydrogen-bond donors (Lipinski definition) is 3. The Kier molecular flexibility index (Phi) is 8.54. The second kappa shape index (κ2) is 12.3. The minimum Gasteiger partial charge on any atom is -0.435 e. The van der Waals surface area contributed by atoms with E-state index < -0.39 is 50.8 Å². The van der Waals surface area contributed by atoms with Gasteiger partial charge in [-0.2, -0.15) is 4.39 Å². The van der Waals surface area contributed by atoms with E-state index in [0.717, 1.165) is 0 Å². The summed E-state index contributed by atoms with van der Waals surface area (Å²) >= 11 is 0. The van der Waals surface area contributed by atoms with Gasteiger partial charge in [0.2, 0.25) is 27.7 Å². The quantitative estimate of drug-likeness (QED) is 0.179. The Bertz CT molecular complexity index is 1710. The molecule has 1 fully saturated rings. The zero-order valence-corrected chi connectivity index (χ0v) is 23.1. The number of aryl methyl sites for hydroxylation is 1. The van der Waals surface area contributed by atoms with Gasteiger partial charge in [0.25, 0.3) is 0 Å². The fraction of sp³-hybridized carbons (Fsp3) is 0.250. The highest BCUT2D eigenvalue weighted by Crippen LogP contribution is 2.36. The molecule has 0 bridgehead atoms. The minimum atomic E-state index is -4.30. The molecule has 42 heavy (non-hydrogen) atoms. The standard InChI is InChI=1S/C28H26F4N6O3S/c1-16-5-2-3-6-17(16)15-42(39,40)38-26-21(30)12-23(24(31)25(26)32)41-27-20(7-4-9-34-27)22-8-10-35-28(37-22)36-19-11-18(29)13-33-14-19/h2-10,12,18-19,33,38H,11,13-15H2,1H3,(H,35,36,37)/t18-,19-/m0/s1. The summed E-state index contributed by atoms with van der Waals surface area (Å²) in [5.41, 5.74) is 0.443. The third-order valence-corrected chi connectivity index (χ3v) is 7.74. The lowest BCUT2D eigenvalue weighted by Gasteiger charge is -2.26. The van der Waals surface area contributed by atoms with Crippen molar-refractivity contribution in [1.82, 2.24) is 20.3 Å². The maximum absolute atomic E-state index is 15.1. The maximum Gasteiger partial charge on any atom is 0.237 e. The second-order valence-corrected chi connectivity index (χ2v) is 11.4. The van der Waals surface area contributed by atoms with E-state index in [9.17, 15) is 21.6 Å². The summed E-state index contributed by atoms with van der Waals surface area (Å²) in [5, 5.41) is 6.03. The molecule has 0 unspecified atom stereocenters. The van der Waals surface area contributed by atoms with Crippen LogP contribution in [0.3, 0.4) is 0 Å². The van der Waals surface area contributed by atoms with Crippen LogP contribution < -0.4 is 20.1 Å². The zero-order chi connectivity index (χ0) is 29.9. The highest BCUT2D eigenvalue weighted by molar-refractivity contribution is 7.91. The maximum atomic E-state index is 15.1. The Morgan fingerprint density at radius 1 is 1.02 bits per heavy atom. The topological polar surface area (TPSA) is 118 Å². The van der Waals surface area contributed by atoms with Crippen molar-refractivity contribution in [2.24, 2.45) is 0 Å². The number of alkyl halides is 1. The van der Waals surface area contributed by atoms with Gasteiger partial charge in [-0.1, -0.05) is 24.3 Å². The van der Waals surface area contributed by atoms with Crippen molar-refractivity contribution < 1.29 is 30.7 Å². The lowest BCUT2D eigenvalue weighted by molar-refractivity contribution is 0.254. The number of pyridine rings is 1. The van der Waals surface area contributed by atoms with Crippen molar-refractivity contribution >= 4 is 21.7 Å². The van der Waals surface area contributed by atoms with Crippen LogP contribution in [-0.2, 0) is 15.8 Å². The summed E-state index contributed by atoms with van der Waals surface area (Å²) in [4.78, 5) is 12.6. The smallest absolute Gasteiger partial charge is 0.237 e. The molecule has 0 saturated carbocycles. The van der Waals surface area contributed by atoms with E-state index in [1.165, 1.54) is 18.5 Å². The van der Waals surface area contributed by atoms with Gasteiger partial charge in [0.1, 0.15) is 11.9 Å². The fourth-order valence-corrected chi connectivity index (χ4v) is 5.74. The van der Waals surface area contributed by atoms with Crippen molar-refractivity contribution in [3.63, 3.8) is 0 Å². The summed E-state index contributed by atoms with van der Waals surface area (Å²) in [6, 6.07) is 11.5. The molecule has 4 aromatic rings. The Morgan fingerprint density at radius 3 is 2.62 bits per heavy atom. The molecule has 14 heteroatoms. The molecule has 1 aliphatic rings. The van der Waals surface area contributed by atoms with Crippen LogP contribution in [0.1, 0.15) is 17.5 Å². The minimum absolute atomic E-state index is 0.203. The third-order valence-electron chi connectivity index (χ3n) is 6.53. The molecule has 3 N–H and O–H groups in total. The lowest BCUT2D eigenvalue weighted by atomic mass is 10.1. The summed E-state index contributed by atoms with van der Waals surface area (Å²) in [6.07, 6.45) is 2.04. The molecule has 2 atom stereocenters. The van der Waals surface area contributed by atoms with E-state index in [2.05, 4.69) is 25.6 Å². The molecule has 0 amide bonds. The number of benzene rings is 2. The Balaban J connectivity index is 1.38. The Hall–Kier alpha value is -4.30. The molecule has 1 aliphatic heterocycles. The van der Waals surface area contributed by atoms with E-state index >= 15 is 4.39 Å². The van der Waals surface area contributed by atoms with E-state index in [-0.39, 0.29) is 42.1 Å². The average molecular weight is 603 g/mol. The van der Waals surface area contributed by atoms with Gasteiger partial charge >= 0.3 is 0 Å². The first-order valence-electron chi connectivity index (χ1n) is 12.9. The first-order chi connectivity index (χ1) is 20.1. The predicted octanol–water partition coefficient (Wildman–Crippen LogP) is 5.11. The van der Waals surface area contributed by atoms with E-state index in [1.807, 2.05) is 0 Å². The highest BCUT2D eigenvalue weighted by Gasteiger charge is 2.26. The largest absolute Gasteiger partial charge is 0.435 e. The molecule has 220 valence electrons. The normalized spacial score (nSPS) is 17.1. The first kappa shape index (κ1) is 29.2. The average Bonchev–Trinajstić information content (AvgIpc) is 2.95. The number of sulfonamides is 1. The SMILES string of the molecule is Cc1ccccc1CS(=O)(=O)Nc1c(F)cc(Oc2ncccc2-c2ccnc(N[C@@H]3CNC[C@@H](F)C3)n2)c(F)c1F. The molecule has 0 aliphatic carbocycles. The van der Waals surface area contributed by atoms with Crippen molar-refractivity contribution in [1.29, 1.82) is 0 Å². The number of nitrogens with one attached hydrogen (secondary N) is 3. The third kappa shape index (κ3) is 6.77. The molecule has 3 heterocycles. The van der Waals surface area contributed by atoms with Crippen LogP contribution >= 0.6 is 0 Å². The molecule has 5 rings (SSSR count). The van der Waals surface area contributed by atoms with Crippen molar-refractivity contribution in [3.05, 3.63) is 89.5 Å². The first-order valence-corrected chi connectivity index (χ1v) is 14.5. The predicted molar refractivity (Wildman–Crippen MR) is 149 cm³/mol. The van der Waals surface area contributed by atoms with Gasteiger partial charge in [-0.25, -0.2) is 36.5 Å². The van der Waals surface area contributed by atoms with Gasteiger partial charge in [0.15, 0.2) is 17.4 Å². The summed E-state index contributed by atoms with van der Waals surface area (Å²) in [5.74, 6) is -6.26. The molecule has 2 aromatic heterocycles. The number of aromatic nitrogens is 3. The fourth-order valence-electron chi connectivity index (χ4n) is 4.44. The van der Waals surface area contributed by atoms with Gasteiger partial charge in [-0.15, -0.1) is 0 Å². The van der Waals surface area contributed by atoms with E-state index in [0.29, 0.717) is 23.7 Å². The van der Waals surface area contributed by atoms with E-state index in [4.69, 9.17) is 4.74 Å². The number of rotatable bonds is 9. The van der Waals surface area contributed by atoms with Gasteiger partial charge in [0, 0.05) is 44.0 Å². The zero-order valence-electron chi connectivity index (χ0n) is 22.2. The number of ether oxygens (including phenoxy) is 1. The Labute approximate surface area is 239 Å². The molecule has 9 nitrogen and oxygen atoms in total. The van der Waals surface area contributed by atoms with Gasteiger partial charge in [0.05, 0.1) is 17.0 Å². The number of hydrogen-bond acceptors (Lipinski definition) is 8. The van der Waals surface area contributed by atoms with Crippen LogP contribution in [0.2, 0.25) is 0 Å². The van der Waals surface area contributed by atoms with Gasteiger partial charge < -0.3 is 15.4 Å². The molecule has 1 saturated heterocycles. The number of anilines is 2. The van der Waals surface area contributed by atoms with Crippen LogP contribution in [0.4, 0.5) is 29.2 Å². The monoisotopic (exact) mass is 602 g/mol. The molecule has 2 aromatic carbocycles. The molecule has 0 spiro atoms. The summed E-state index contributed by atoms with van der Waals surface area (Å²) < 4.78 is 91.4. The number of halogens is 4. The molecular weight excluding hydrogens is 576 g/mol. The lowest BCUT2D eigenvalue weighted by Crippen LogP contribution is -2.44.